The molecule has 0 aliphatic carbocycles. The topological polar surface area (TPSA) is 46.5 Å². The highest BCUT2D eigenvalue weighted by atomic mass is 32.2. The number of carbonyl (C=O) groups is 1. The highest BCUT2D eigenvalue weighted by Gasteiger charge is 2.18. The summed E-state index contributed by atoms with van der Waals surface area (Å²) in [5.74, 6) is 0.139. The summed E-state index contributed by atoms with van der Waals surface area (Å²) in [4.78, 5) is 12.2. The molecule has 1 N–H and O–H groups in total. The van der Waals surface area contributed by atoms with Gasteiger partial charge in [-0.2, -0.15) is 0 Å². The number of aromatic carboxylic acids is 1. The van der Waals surface area contributed by atoms with Crippen molar-refractivity contribution in [2.75, 3.05) is 6.26 Å². The Morgan fingerprint density at radius 2 is 1.76 bits per heavy atom. The molecular weight excluding hydrogens is 284 g/mol. The van der Waals surface area contributed by atoms with E-state index in [1.54, 1.807) is 12.1 Å². The molecule has 0 radical (unpaired) electrons. The molecule has 0 aliphatic heterocycles. The van der Waals surface area contributed by atoms with Gasteiger partial charge in [-0.25, -0.2) is 4.79 Å². The Morgan fingerprint density at radius 1 is 1.10 bits per heavy atom. The summed E-state index contributed by atoms with van der Waals surface area (Å²) in [6.45, 7) is 5.95. The van der Waals surface area contributed by atoms with Crippen molar-refractivity contribution in [3.63, 3.8) is 0 Å². The largest absolute Gasteiger partial charge is 0.478 e. The van der Waals surface area contributed by atoms with Gasteiger partial charge in [-0.3, -0.25) is 0 Å². The minimum Gasteiger partial charge on any atom is -0.478 e. The number of carboxylic acid groups (broad SMARTS) is 1. The number of benzene rings is 2. The lowest BCUT2D eigenvalue weighted by Crippen LogP contribution is -2.03. The minimum absolute atomic E-state index is 0.213. The van der Waals surface area contributed by atoms with Gasteiger partial charge in [-0.15, -0.1) is 11.8 Å². The Labute approximate surface area is 129 Å². The third-order valence-corrected chi connectivity index (χ3v) is 4.29. The van der Waals surface area contributed by atoms with Gasteiger partial charge in [0.15, 0.2) is 0 Å². The summed E-state index contributed by atoms with van der Waals surface area (Å²) in [6, 6.07) is 9.32. The van der Waals surface area contributed by atoms with E-state index in [0.29, 0.717) is 10.6 Å². The molecule has 0 heterocycles. The second-order valence-electron chi connectivity index (χ2n) is 4.89. The van der Waals surface area contributed by atoms with Crippen LogP contribution >= 0.6 is 11.8 Å². The smallest absolute Gasteiger partial charge is 0.340 e. The maximum atomic E-state index is 11.5. The van der Waals surface area contributed by atoms with Crippen molar-refractivity contribution < 1.29 is 14.6 Å². The van der Waals surface area contributed by atoms with Crippen molar-refractivity contribution in [3.05, 3.63) is 52.6 Å². The molecule has 0 amide bonds. The van der Waals surface area contributed by atoms with Gasteiger partial charge in [0, 0.05) is 4.90 Å². The molecule has 0 atom stereocenters. The Kier molecular flexibility index (Phi) is 4.58. The monoisotopic (exact) mass is 302 g/mol. The second kappa shape index (κ2) is 6.22. The van der Waals surface area contributed by atoms with Gasteiger partial charge in [0.25, 0.3) is 0 Å². The predicted octanol–water partition coefficient (Wildman–Crippen LogP) is 4.82. The maximum Gasteiger partial charge on any atom is 0.340 e. The van der Waals surface area contributed by atoms with Crippen molar-refractivity contribution in [2.24, 2.45) is 0 Å². The first-order valence-corrected chi connectivity index (χ1v) is 7.83. The van der Waals surface area contributed by atoms with E-state index in [9.17, 15) is 9.90 Å². The first-order chi connectivity index (χ1) is 9.95. The number of hydrogen-bond acceptors (Lipinski definition) is 3. The number of hydrogen-bond donors (Lipinski definition) is 1. The molecule has 0 fully saturated rings. The van der Waals surface area contributed by atoms with Crippen molar-refractivity contribution in [2.45, 2.75) is 25.7 Å². The van der Waals surface area contributed by atoms with Gasteiger partial charge >= 0.3 is 5.97 Å². The molecule has 2 aromatic rings. The molecular formula is C17H18O3S. The average Bonchev–Trinajstić information content (AvgIpc) is 2.47. The number of carboxylic acids is 1. The van der Waals surface area contributed by atoms with Crippen molar-refractivity contribution in [3.8, 4) is 11.5 Å². The average molecular weight is 302 g/mol. The maximum absolute atomic E-state index is 11.5. The van der Waals surface area contributed by atoms with Crippen LogP contribution in [0, 0.1) is 20.8 Å². The van der Waals surface area contributed by atoms with E-state index in [1.165, 1.54) is 11.8 Å². The molecule has 2 rings (SSSR count). The van der Waals surface area contributed by atoms with Crippen LogP contribution in [-0.4, -0.2) is 17.3 Å². The highest BCUT2D eigenvalue weighted by Crippen LogP contribution is 2.35. The molecule has 21 heavy (non-hydrogen) atoms. The van der Waals surface area contributed by atoms with Gasteiger partial charge in [0.2, 0.25) is 0 Å². The summed E-state index contributed by atoms with van der Waals surface area (Å²) in [5, 5.41) is 9.46. The third kappa shape index (κ3) is 3.05. The van der Waals surface area contributed by atoms with Crippen LogP contribution < -0.4 is 4.74 Å². The second-order valence-corrected chi connectivity index (χ2v) is 5.74. The van der Waals surface area contributed by atoms with Gasteiger partial charge in [-0.05, 0) is 55.9 Å². The van der Waals surface area contributed by atoms with Crippen molar-refractivity contribution >= 4 is 17.7 Å². The van der Waals surface area contributed by atoms with Crippen molar-refractivity contribution in [1.29, 1.82) is 0 Å². The summed E-state index contributed by atoms with van der Waals surface area (Å²) >= 11 is 1.40. The zero-order valence-corrected chi connectivity index (χ0v) is 13.4. The molecule has 0 saturated heterocycles. The Balaban J connectivity index is 2.55. The summed E-state index contributed by atoms with van der Waals surface area (Å²) in [7, 11) is 0. The van der Waals surface area contributed by atoms with Crippen molar-refractivity contribution in [1.82, 2.24) is 0 Å². The van der Waals surface area contributed by atoms with E-state index in [-0.39, 0.29) is 5.56 Å². The van der Waals surface area contributed by atoms with Crippen LogP contribution in [-0.2, 0) is 0 Å². The molecule has 0 unspecified atom stereocenters. The first-order valence-electron chi connectivity index (χ1n) is 6.60. The number of ether oxygens (including phenoxy) is 1. The fraction of sp³-hybridized carbons (Fsp3) is 0.235. The Bertz CT molecular complexity index is 693. The normalized spacial score (nSPS) is 10.5. The zero-order valence-electron chi connectivity index (χ0n) is 12.6. The van der Waals surface area contributed by atoms with E-state index >= 15 is 0 Å². The van der Waals surface area contributed by atoms with E-state index < -0.39 is 5.97 Å². The lowest BCUT2D eigenvalue weighted by atomic mass is 10.1. The Morgan fingerprint density at radius 3 is 2.38 bits per heavy atom. The summed E-state index contributed by atoms with van der Waals surface area (Å²) < 4.78 is 5.96. The van der Waals surface area contributed by atoms with E-state index in [0.717, 1.165) is 22.4 Å². The first kappa shape index (κ1) is 15.4. The number of thioether (sulfide) groups is 1. The minimum atomic E-state index is -0.974. The van der Waals surface area contributed by atoms with E-state index in [4.69, 9.17) is 4.74 Å². The van der Waals surface area contributed by atoms with Crippen LogP contribution in [0.1, 0.15) is 27.0 Å². The molecule has 0 aliphatic rings. The quantitative estimate of drug-likeness (QED) is 0.822. The fourth-order valence-electron chi connectivity index (χ4n) is 2.17. The predicted molar refractivity (Wildman–Crippen MR) is 85.9 cm³/mol. The molecule has 0 bridgehead atoms. The van der Waals surface area contributed by atoms with Crippen LogP contribution in [0.5, 0.6) is 11.5 Å². The fourth-order valence-corrected chi connectivity index (χ4v) is 2.78. The van der Waals surface area contributed by atoms with Gasteiger partial charge in [0.1, 0.15) is 17.1 Å². The number of rotatable bonds is 4. The van der Waals surface area contributed by atoms with Crippen LogP contribution in [0.25, 0.3) is 0 Å². The van der Waals surface area contributed by atoms with Crippen LogP contribution in [0.2, 0.25) is 0 Å². The zero-order chi connectivity index (χ0) is 15.6. The number of aryl methyl sites for hydroxylation is 2. The van der Waals surface area contributed by atoms with E-state index in [2.05, 4.69) is 0 Å². The summed E-state index contributed by atoms with van der Waals surface area (Å²) in [5.41, 5.74) is 3.35. The standard InChI is InChI=1S/C17H18O3S/c1-10-8-9-11(2)16(12(10)3)20-13-6-5-7-14(21-4)15(13)17(18)19/h5-9H,1-4H3,(H,18,19). The van der Waals surface area contributed by atoms with Crippen LogP contribution in [0.15, 0.2) is 35.2 Å². The van der Waals surface area contributed by atoms with Crippen LogP contribution in [0.4, 0.5) is 0 Å². The molecule has 2 aromatic carbocycles. The third-order valence-electron chi connectivity index (χ3n) is 3.51. The van der Waals surface area contributed by atoms with Crippen LogP contribution in [0.3, 0.4) is 0 Å². The van der Waals surface area contributed by atoms with Gasteiger partial charge < -0.3 is 9.84 Å². The summed E-state index contributed by atoms with van der Waals surface area (Å²) in [6.07, 6.45) is 1.86. The van der Waals surface area contributed by atoms with Gasteiger partial charge in [0.05, 0.1) is 0 Å². The lowest BCUT2D eigenvalue weighted by molar-refractivity contribution is 0.0690. The lowest BCUT2D eigenvalue weighted by Gasteiger charge is -2.16. The Hall–Kier alpha value is -1.94. The molecule has 4 heteroatoms. The molecule has 0 spiro atoms. The molecule has 3 nitrogen and oxygen atoms in total. The van der Waals surface area contributed by atoms with E-state index in [1.807, 2.05) is 45.2 Å². The molecule has 0 saturated carbocycles. The molecule has 0 aromatic heterocycles. The molecule has 110 valence electrons. The highest BCUT2D eigenvalue weighted by molar-refractivity contribution is 7.98. The SMILES string of the molecule is CSc1cccc(Oc2c(C)ccc(C)c2C)c1C(=O)O. The van der Waals surface area contributed by atoms with Gasteiger partial charge in [-0.1, -0.05) is 18.2 Å².